The van der Waals surface area contributed by atoms with Crippen LogP contribution in [0.5, 0.6) is 0 Å². The first-order valence-corrected chi connectivity index (χ1v) is 7.42. The van der Waals surface area contributed by atoms with Crippen molar-refractivity contribution in [2.24, 2.45) is 11.7 Å². The lowest BCUT2D eigenvalue weighted by Gasteiger charge is -2.25. The van der Waals surface area contributed by atoms with E-state index in [1.54, 1.807) is 18.2 Å². The summed E-state index contributed by atoms with van der Waals surface area (Å²) in [5.74, 6) is -0.813. The zero-order chi connectivity index (χ0) is 15.2. The topological polar surface area (TPSA) is 92.4 Å². The van der Waals surface area contributed by atoms with Gasteiger partial charge in [0.05, 0.1) is 5.56 Å². The van der Waals surface area contributed by atoms with Crippen molar-refractivity contribution in [3.05, 3.63) is 35.4 Å². The average molecular weight is 290 g/mol. The van der Waals surface area contributed by atoms with Crippen LogP contribution in [0.4, 0.5) is 0 Å². The van der Waals surface area contributed by atoms with E-state index >= 15 is 0 Å². The van der Waals surface area contributed by atoms with Gasteiger partial charge in [0.2, 0.25) is 5.91 Å². The third kappa shape index (κ3) is 4.29. The molecule has 0 saturated heterocycles. The van der Waals surface area contributed by atoms with E-state index < -0.39 is 5.97 Å². The molecule has 0 bridgehead atoms. The van der Waals surface area contributed by atoms with Gasteiger partial charge in [-0.3, -0.25) is 4.79 Å². The zero-order valence-electron chi connectivity index (χ0n) is 12.0. The summed E-state index contributed by atoms with van der Waals surface area (Å²) in [6.07, 6.45) is 4.03. The van der Waals surface area contributed by atoms with E-state index in [1.165, 1.54) is 0 Å². The van der Waals surface area contributed by atoms with E-state index in [2.05, 4.69) is 5.32 Å². The molecule has 1 aliphatic carbocycles. The highest BCUT2D eigenvalue weighted by Crippen LogP contribution is 2.23. The zero-order valence-corrected chi connectivity index (χ0v) is 12.0. The second-order valence-corrected chi connectivity index (χ2v) is 5.62. The SMILES string of the molecule is NC1CCC(C(=O)NCCc2ccccc2C(=O)O)CC1. The lowest BCUT2D eigenvalue weighted by Crippen LogP contribution is -2.37. The molecule has 0 atom stereocenters. The van der Waals surface area contributed by atoms with Gasteiger partial charge in [0.15, 0.2) is 0 Å². The summed E-state index contributed by atoms with van der Waals surface area (Å²) in [6, 6.07) is 7.12. The lowest BCUT2D eigenvalue weighted by molar-refractivity contribution is -0.125. The van der Waals surface area contributed by atoms with Gasteiger partial charge in [-0.05, 0) is 43.7 Å². The first kappa shape index (κ1) is 15.5. The predicted octanol–water partition coefficient (Wildman–Crippen LogP) is 1.56. The van der Waals surface area contributed by atoms with E-state index in [0.717, 1.165) is 31.2 Å². The number of carboxylic acids is 1. The van der Waals surface area contributed by atoms with Crippen LogP contribution in [0.25, 0.3) is 0 Å². The summed E-state index contributed by atoms with van der Waals surface area (Å²) in [4.78, 5) is 23.1. The van der Waals surface area contributed by atoms with E-state index in [-0.39, 0.29) is 17.9 Å². The second kappa shape index (κ2) is 7.22. The Morgan fingerprint density at radius 3 is 2.52 bits per heavy atom. The summed E-state index contributed by atoms with van der Waals surface area (Å²) < 4.78 is 0. The Bertz CT molecular complexity index is 508. The predicted molar refractivity (Wildman–Crippen MR) is 80.0 cm³/mol. The third-order valence-electron chi connectivity index (χ3n) is 4.08. The molecule has 1 aromatic carbocycles. The number of carbonyl (C=O) groups is 2. The Morgan fingerprint density at radius 2 is 1.86 bits per heavy atom. The van der Waals surface area contributed by atoms with Gasteiger partial charge >= 0.3 is 5.97 Å². The second-order valence-electron chi connectivity index (χ2n) is 5.62. The number of nitrogens with two attached hydrogens (primary N) is 1. The van der Waals surface area contributed by atoms with Crippen molar-refractivity contribution in [2.75, 3.05) is 6.54 Å². The minimum Gasteiger partial charge on any atom is -0.478 e. The molecule has 1 amide bonds. The first-order chi connectivity index (χ1) is 10.1. The van der Waals surface area contributed by atoms with Crippen LogP contribution in [0, 0.1) is 5.92 Å². The first-order valence-electron chi connectivity index (χ1n) is 7.42. The summed E-state index contributed by atoms with van der Waals surface area (Å²) in [7, 11) is 0. The van der Waals surface area contributed by atoms with Gasteiger partial charge in [0.1, 0.15) is 0 Å². The van der Waals surface area contributed by atoms with E-state index in [1.807, 2.05) is 6.07 Å². The highest BCUT2D eigenvalue weighted by Gasteiger charge is 2.24. The van der Waals surface area contributed by atoms with Crippen molar-refractivity contribution in [1.29, 1.82) is 0 Å². The molecular weight excluding hydrogens is 268 g/mol. The lowest BCUT2D eigenvalue weighted by atomic mass is 9.86. The van der Waals surface area contributed by atoms with Gasteiger partial charge in [-0.1, -0.05) is 18.2 Å². The standard InChI is InChI=1S/C16H22N2O3/c17-13-7-5-12(6-8-13)15(19)18-10-9-11-3-1-2-4-14(11)16(20)21/h1-4,12-13H,5-10,17H2,(H,18,19)(H,20,21). The Balaban J connectivity index is 1.82. The summed E-state index contributed by atoms with van der Waals surface area (Å²) in [5.41, 5.74) is 6.88. The Morgan fingerprint density at radius 1 is 1.19 bits per heavy atom. The van der Waals surface area contributed by atoms with E-state index in [4.69, 9.17) is 10.8 Å². The van der Waals surface area contributed by atoms with Gasteiger partial charge in [-0.2, -0.15) is 0 Å². The number of benzene rings is 1. The average Bonchev–Trinajstić information content (AvgIpc) is 2.48. The minimum absolute atomic E-state index is 0.0551. The normalized spacial score (nSPS) is 21.8. The number of aromatic carboxylic acids is 1. The van der Waals surface area contributed by atoms with E-state index in [0.29, 0.717) is 18.5 Å². The number of carbonyl (C=O) groups excluding carboxylic acids is 1. The number of carboxylic acid groups (broad SMARTS) is 1. The number of hydrogen-bond donors (Lipinski definition) is 3. The number of hydrogen-bond acceptors (Lipinski definition) is 3. The fraction of sp³-hybridized carbons (Fsp3) is 0.500. The molecule has 0 aliphatic heterocycles. The minimum atomic E-state index is -0.932. The van der Waals surface area contributed by atoms with Gasteiger partial charge in [0, 0.05) is 18.5 Å². The number of amides is 1. The highest BCUT2D eigenvalue weighted by atomic mass is 16.4. The molecule has 1 fully saturated rings. The van der Waals surface area contributed by atoms with Crippen molar-refractivity contribution < 1.29 is 14.7 Å². The van der Waals surface area contributed by atoms with E-state index in [9.17, 15) is 9.59 Å². The molecule has 0 radical (unpaired) electrons. The van der Waals surface area contributed by atoms with Crippen LogP contribution >= 0.6 is 0 Å². The molecule has 21 heavy (non-hydrogen) atoms. The molecule has 5 heteroatoms. The molecule has 0 aromatic heterocycles. The van der Waals surface area contributed by atoms with Crippen LogP contribution in [0.1, 0.15) is 41.6 Å². The van der Waals surface area contributed by atoms with Crippen LogP contribution in [-0.2, 0) is 11.2 Å². The Labute approximate surface area is 124 Å². The quantitative estimate of drug-likeness (QED) is 0.767. The fourth-order valence-electron chi connectivity index (χ4n) is 2.79. The molecule has 1 saturated carbocycles. The van der Waals surface area contributed by atoms with Crippen LogP contribution in [0.15, 0.2) is 24.3 Å². The van der Waals surface area contributed by atoms with Crippen LogP contribution in [0.2, 0.25) is 0 Å². The maximum Gasteiger partial charge on any atom is 0.335 e. The molecule has 0 heterocycles. The van der Waals surface area contributed by atoms with Gasteiger partial charge in [-0.25, -0.2) is 4.79 Å². The number of nitrogens with one attached hydrogen (secondary N) is 1. The molecule has 1 aromatic rings. The van der Waals surface area contributed by atoms with Crippen LogP contribution in [0.3, 0.4) is 0 Å². The van der Waals surface area contributed by atoms with Crippen molar-refractivity contribution in [1.82, 2.24) is 5.32 Å². The fourth-order valence-corrected chi connectivity index (χ4v) is 2.79. The van der Waals surface area contributed by atoms with Gasteiger partial charge in [0.25, 0.3) is 0 Å². The maximum atomic E-state index is 12.0. The molecule has 114 valence electrons. The Kier molecular flexibility index (Phi) is 5.33. The molecular formula is C16H22N2O3. The van der Waals surface area contributed by atoms with Crippen molar-refractivity contribution >= 4 is 11.9 Å². The van der Waals surface area contributed by atoms with Crippen molar-refractivity contribution in [3.63, 3.8) is 0 Å². The molecule has 5 nitrogen and oxygen atoms in total. The molecule has 2 rings (SSSR count). The summed E-state index contributed by atoms with van der Waals surface area (Å²) in [6.45, 7) is 0.464. The highest BCUT2D eigenvalue weighted by molar-refractivity contribution is 5.89. The Hall–Kier alpha value is -1.88. The third-order valence-corrected chi connectivity index (χ3v) is 4.08. The smallest absolute Gasteiger partial charge is 0.335 e. The molecule has 4 N–H and O–H groups in total. The largest absolute Gasteiger partial charge is 0.478 e. The van der Waals surface area contributed by atoms with Crippen LogP contribution < -0.4 is 11.1 Å². The van der Waals surface area contributed by atoms with Crippen molar-refractivity contribution in [2.45, 2.75) is 38.1 Å². The van der Waals surface area contributed by atoms with Crippen molar-refractivity contribution in [3.8, 4) is 0 Å². The number of rotatable bonds is 5. The van der Waals surface area contributed by atoms with Gasteiger partial charge < -0.3 is 16.2 Å². The molecule has 0 unspecified atom stereocenters. The summed E-state index contributed by atoms with van der Waals surface area (Å²) >= 11 is 0. The molecule has 1 aliphatic rings. The maximum absolute atomic E-state index is 12.0. The van der Waals surface area contributed by atoms with Crippen LogP contribution in [-0.4, -0.2) is 29.6 Å². The molecule has 0 spiro atoms. The monoisotopic (exact) mass is 290 g/mol. The van der Waals surface area contributed by atoms with Gasteiger partial charge in [-0.15, -0.1) is 0 Å². The summed E-state index contributed by atoms with van der Waals surface area (Å²) in [5, 5.41) is 12.0.